The van der Waals surface area contributed by atoms with Crippen molar-refractivity contribution in [1.82, 2.24) is 10.3 Å². The maximum Gasteiger partial charge on any atom is 0.251 e. The Hall–Kier alpha value is -2.73. The van der Waals surface area contributed by atoms with Crippen molar-refractivity contribution in [1.29, 1.82) is 0 Å². The zero-order valence-electron chi connectivity index (χ0n) is 14.3. The van der Waals surface area contributed by atoms with Gasteiger partial charge >= 0.3 is 0 Å². The van der Waals surface area contributed by atoms with E-state index in [4.69, 9.17) is 0 Å². The number of aromatic amines is 1. The molecular formula is C20H19N3O2S. The lowest BCUT2D eigenvalue weighted by Crippen LogP contribution is -2.28. The lowest BCUT2D eigenvalue weighted by Gasteiger charge is -2.21. The third kappa shape index (κ3) is 3.20. The zero-order valence-corrected chi connectivity index (χ0v) is 15.2. The van der Waals surface area contributed by atoms with E-state index >= 15 is 0 Å². The number of H-pyrrole nitrogens is 1. The molecule has 4 rings (SSSR count). The van der Waals surface area contributed by atoms with Gasteiger partial charge in [-0.3, -0.25) is 9.59 Å². The van der Waals surface area contributed by atoms with Gasteiger partial charge in [0.15, 0.2) is 0 Å². The molecule has 2 heterocycles. The number of carbonyl (C=O) groups is 2. The molecule has 0 fully saturated rings. The van der Waals surface area contributed by atoms with Gasteiger partial charge in [-0.2, -0.15) is 0 Å². The fourth-order valence-corrected chi connectivity index (χ4v) is 4.03. The van der Waals surface area contributed by atoms with E-state index in [-0.39, 0.29) is 17.1 Å². The van der Waals surface area contributed by atoms with E-state index in [1.807, 2.05) is 37.4 Å². The standard InChI is InChI=1S/C20H19N3O2S/c1-12-19(24)23-17-10-13(6-7-18(17)26-12)20(25)21-9-8-14-11-22-16-5-3-2-4-15(14)16/h2-7,10-12,22H,8-9H2,1H3,(H,21,25)(H,23,24). The number of anilines is 1. The van der Waals surface area contributed by atoms with E-state index < -0.39 is 0 Å². The summed E-state index contributed by atoms with van der Waals surface area (Å²) >= 11 is 1.51. The van der Waals surface area contributed by atoms with Gasteiger partial charge in [-0.05, 0) is 43.2 Å². The largest absolute Gasteiger partial charge is 0.361 e. The molecule has 3 N–H and O–H groups in total. The van der Waals surface area contributed by atoms with Crippen molar-refractivity contribution >= 4 is 40.2 Å². The monoisotopic (exact) mass is 365 g/mol. The summed E-state index contributed by atoms with van der Waals surface area (Å²) in [5.41, 5.74) is 3.55. The molecule has 132 valence electrons. The summed E-state index contributed by atoms with van der Waals surface area (Å²) in [5, 5.41) is 6.89. The fourth-order valence-electron chi connectivity index (χ4n) is 3.10. The van der Waals surface area contributed by atoms with Gasteiger partial charge in [0.25, 0.3) is 5.91 Å². The van der Waals surface area contributed by atoms with E-state index in [0.717, 1.165) is 16.8 Å². The molecule has 1 aliphatic rings. The van der Waals surface area contributed by atoms with Gasteiger partial charge < -0.3 is 15.6 Å². The molecule has 0 spiro atoms. The van der Waals surface area contributed by atoms with Gasteiger partial charge in [-0.25, -0.2) is 0 Å². The second-order valence-electron chi connectivity index (χ2n) is 6.33. The predicted octanol–water partition coefficient (Wildman–Crippen LogP) is 3.57. The number of carbonyl (C=O) groups excluding carboxylic acids is 2. The second-order valence-corrected chi connectivity index (χ2v) is 7.71. The van der Waals surface area contributed by atoms with Gasteiger partial charge in [0, 0.05) is 34.1 Å². The minimum absolute atomic E-state index is 0.0283. The maximum atomic E-state index is 12.4. The third-order valence-electron chi connectivity index (χ3n) is 4.53. The first-order valence-electron chi connectivity index (χ1n) is 8.56. The molecule has 0 bridgehead atoms. The van der Waals surface area contributed by atoms with Crippen LogP contribution in [0.5, 0.6) is 0 Å². The average Bonchev–Trinajstić information content (AvgIpc) is 3.05. The molecule has 5 nitrogen and oxygen atoms in total. The van der Waals surface area contributed by atoms with Crippen molar-refractivity contribution in [3.8, 4) is 0 Å². The van der Waals surface area contributed by atoms with E-state index in [1.54, 1.807) is 12.1 Å². The lowest BCUT2D eigenvalue weighted by molar-refractivity contribution is -0.115. The summed E-state index contributed by atoms with van der Waals surface area (Å²) in [6.07, 6.45) is 2.74. The first-order chi connectivity index (χ1) is 12.6. The molecule has 0 radical (unpaired) electrons. The van der Waals surface area contributed by atoms with Crippen LogP contribution in [0.4, 0.5) is 5.69 Å². The van der Waals surface area contributed by atoms with E-state index in [0.29, 0.717) is 17.8 Å². The first kappa shape index (κ1) is 16.7. The third-order valence-corrected chi connectivity index (χ3v) is 5.70. The Labute approximate surface area is 155 Å². The number of hydrogen-bond donors (Lipinski definition) is 3. The topological polar surface area (TPSA) is 74.0 Å². The second kappa shape index (κ2) is 6.88. The summed E-state index contributed by atoms with van der Waals surface area (Å²) in [6, 6.07) is 13.6. The van der Waals surface area contributed by atoms with Gasteiger partial charge in [0.05, 0.1) is 10.9 Å². The summed E-state index contributed by atoms with van der Waals surface area (Å²) < 4.78 is 0. The quantitative estimate of drug-likeness (QED) is 0.662. The van der Waals surface area contributed by atoms with E-state index in [1.165, 1.54) is 22.7 Å². The van der Waals surface area contributed by atoms with Gasteiger partial charge in [0.1, 0.15) is 0 Å². The van der Waals surface area contributed by atoms with Crippen LogP contribution in [-0.4, -0.2) is 28.6 Å². The van der Waals surface area contributed by atoms with Crippen LogP contribution in [0.15, 0.2) is 53.6 Å². The molecule has 0 aliphatic carbocycles. The number of amides is 2. The molecule has 0 saturated carbocycles. The number of hydrogen-bond acceptors (Lipinski definition) is 3. The van der Waals surface area contributed by atoms with Crippen LogP contribution in [0.2, 0.25) is 0 Å². The number of rotatable bonds is 4. The Morgan fingerprint density at radius 3 is 2.96 bits per heavy atom. The summed E-state index contributed by atoms with van der Waals surface area (Å²) in [4.78, 5) is 28.5. The maximum absolute atomic E-state index is 12.4. The molecule has 1 atom stereocenters. The number of fused-ring (bicyclic) bond motifs is 2. The minimum Gasteiger partial charge on any atom is -0.361 e. The highest BCUT2D eigenvalue weighted by Gasteiger charge is 2.23. The molecule has 1 aromatic heterocycles. The smallest absolute Gasteiger partial charge is 0.251 e. The zero-order chi connectivity index (χ0) is 18.1. The number of aromatic nitrogens is 1. The van der Waals surface area contributed by atoms with Crippen LogP contribution in [0.3, 0.4) is 0 Å². The van der Waals surface area contributed by atoms with Crippen LogP contribution in [0.25, 0.3) is 10.9 Å². The minimum atomic E-state index is -0.134. The highest BCUT2D eigenvalue weighted by atomic mass is 32.2. The van der Waals surface area contributed by atoms with Crippen molar-refractivity contribution in [2.75, 3.05) is 11.9 Å². The Bertz CT molecular complexity index is 996. The van der Waals surface area contributed by atoms with Crippen molar-refractivity contribution in [2.24, 2.45) is 0 Å². The number of para-hydroxylation sites is 1. The Morgan fingerprint density at radius 1 is 1.23 bits per heavy atom. The molecule has 1 unspecified atom stereocenters. The summed E-state index contributed by atoms with van der Waals surface area (Å²) in [6.45, 7) is 2.42. The van der Waals surface area contributed by atoms with E-state index in [2.05, 4.69) is 21.7 Å². The Balaban J connectivity index is 1.41. The van der Waals surface area contributed by atoms with Gasteiger partial charge in [0.2, 0.25) is 5.91 Å². The molecule has 2 amide bonds. The number of benzene rings is 2. The van der Waals surface area contributed by atoms with Gasteiger partial charge in [-0.15, -0.1) is 11.8 Å². The number of thioether (sulfide) groups is 1. The molecular weight excluding hydrogens is 346 g/mol. The molecule has 0 saturated heterocycles. The van der Waals surface area contributed by atoms with Crippen LogP contribution in [0, 0.1) is 0 Å². The lowest BCUT2D eigenvalue weighted by atomic mass is 10.1. The van der Waals surface area contributed by atoms with Crippen LogP contribution >= 0.6 is 11.8 Å². The van der Waals surface area contributed by atoms with Crippen molar-refractivity contribution < 1.29 is 9.59 Å². The van der Waals surface area contributed by atoms with Crippen LogP contribution < -0.4 is 10.6 Å². The van der Waals surface area contributed by atoms with E-state index in [9.17, 15) is 9.59 Å². The molecule has 2 aromatic carbocycles. The number of nitrogens with one attached hydrogen (secondary N) is 3. The first-order valence-corrected chi connectivity index (χ1v) is 9.44. The molecule has 26 heavy (non-hydrogen) atoms. The molecule has 3 aromatic rings. The van der Waals surface area contributed by atoms with Gasteiger partial charge in [-0.1, -0.05) is 18.2 Å². The molecule has 6 heteroatoms. The summed E-state index contributed by atoms with van der Waals surface area (Å²) in [7, 11) is 0. The highest BCUT2D eigenvalue weighted by Crippen LogP contribution is 2.35. The van der Waals surface area contributed by atoms with Crippen LogP contribution in [-0.2, 0) is 11.2 Å². The molecule has 1 aliphatic heterocycles. The fraction of sp³-hybridized carbons (Fsp3) is 0.200. The highest BCUT2D eigenvalue weighted by molar-refractivity contribution is 8.00. The normalized spacial score (nSPS) is 16.2. The Morgan fingerprint density at radius 2 is 2.08 bits per heavy atom. The Kier molecular flexibility index (Phi) is 4.42. The van der Waals surface area contributed by atoms with Crippen molar-refractivity contribution in [3.63, 3.8) is 0 Å². The average molecular weight is 365 g/mol. The van der Waals surface area contributed by atoms with Crippen molar-refractivity contribution in [2.45, 2.75) is 23.5 Å². The van der Waals surface area contributed by atoms with Crippen LogP contribution in [0.1, 0.15) is 22.8 Å². The van der Waals surface area contributed by atoms with Crippen molar-refractivity contribution in [3.05, 3.63) is 59.8 Å². The predicted molar refractivity (Wildman–Crippen MR) is 105 cm³/mol. The SMILES string of the molecule is CC1Sc2ccc(C(=O)NCCc3c[nH]c4ccccc34)cc2NC1=O. The summed E-state index contributed by atoms with van der Waals surface area (Å²) in [5.74, 6) is -0.162.